The van der Waals surface area contributed by atoms with Gasteiger partial charge >= 0.3 is 0 Å². The number of benzene rings is 1. The molecule has 0 saturated carbocycles. The first kappa shape index (κ1) is 11.3. The highest BCUT2D eigenvalue weighted by atomic mass is 32.1. The Morgan fingerprint density at radius 1 is 1.00 bits per heavy atom. The molecule has 18 heavy (non-hydrogen) atoms. The van der Waals surface area contributed by atoms with Gasteiger partial charge in [-0.25, -0.2) is 4.98 Å². The Bertz CT molecular complexity index is 503. The van der Waals surface area contributed by atoms with Gasteiger partial charge in [0.15, 0.2) is 5.13 Å². The summed E-state index contributed by atoms with van der Waals surface area (Å²) in [4.78, 5) is 9.05. The van der Waals surface area contributed by atoms with E-state index in [2.05, 4.69) is 45.1 Å². The first-order valence-corrected chi connectivity index (χ1v) is 6.91. The maximum absolute atomic E-state index is 5.72. The van der Waals surface area contributed by atoms with E-state index in [-0.39, 0.29) is 0 Å². The molecule has 5 heteroatoms. The molecule has 0 radical (unpaired) electrons. The SMILES string of the molecule is Nc1cnc(N2CCN(c3ccccc3)CC2)s1. The van der Waals surface area contributed by atoms with Gasteiger partial charge in [-0.2, -0.15) is 0 Å². The molecule has 1 aliphatic rings. The van der Waals surface area contributed by atoms with Gasteiger partial charge in [-0.05, 0) is 12.1 Å². The number of hydrogen-bond donors (Lipinski definition) is 1. The molecule has 1 aromatic heterocycles. The number of aromatic nitrogens is 1. The highest BCUT2D eigenvalue weighted by molar-refractivity contribution is 7.19. The second-order valence-corrected chi connectivity index (χ2v) is 5.40. The quantitative estimate of drug-likeness (QED) is 0.897. The first-order valence-electron chi connectivity index (χ1n) is 6.09. The molecule has 3 rings (SSSR count). The fourth-order valence-electron chi connectivity index (χ4n) is 2.22. The Morgan fingerprint density at radius 2 is 1.67 bits per heavy atom. The van der Waals surface area contributed by atoms with Crippen molar-refractivity contribution in [3.63, 3.8) is 0 Å². The highest BCUT2D eigenvalue weighted by Gasteiger charge is 2.19. The number of anilines is 3. The topological polar surface area (TPSA) is 45.4 Å². The standard InChI is InChI=1S/C13H16N4S/c14-12-10-15-13(18-12)17-8-6-16(7-9-17)11-4-2-1-3-5-11/h1-5,10H,6-9,14H2. The lowest BCUT2D eigenvalue weighted by Gasteiger charge is -2.35. The van der Waals surface area contributed by atoms with Crippen molar-refractivity contribution in [1.29, 1.82) is 0 Å². The molecule has 1 aliphatic heterocycles. The summed E-state index contributed by atoms with van der Waals surface area (Å²) >= 11 is 1.57. The zero-order valence-electron chi connectivity index (χ0n) is 10.1. The number of piperazine rings is 1. The van der Waals surface area contributed by atoms with Gasteiger partial charge in [0.05, 0.1) is 6.20 Å². The van der Waals surface area contributed by atoms with Gasteiger partial charge in [0.2, 0.25) is 0 Å². The Morgan fingerprint density at radius 3 is 2.28 bits per heavy atom. The molecule has 0 atom stereocenters. The molecule has 4 nitrogen and oxygen atoms in total. The fraction of sp³-hybridized carbons (Fsp3) is 0.308. The van der Waals surface area contributed by atoms with Crippen LogP contribution in [-0.4, -0.2) is 31.2 Å². The van der Waals surface area contributed by atoms with Crippen molar-refractivity contribution in [2.24, 2.45) is 0 Å². The van der Waals surface area contributed by atoms with E-state index in [1.807, 2.05) is 0 Å². The number of nitrogen functional groups attached to an aromatic ring is 1. The van der Waals surface area contributed by atoms with Crippen LogP contribution >= 0.6 is 11.3 Å². The van der Waals surface area contributed by atoms with Crippen LogP contribution in [0.5, 0.6) is 0 Å². The van der Waals surface area contributed by atoms with Crippen LogP contribution in [0.25, 0.3) is 0 Å². The largest absolute Gasteiger partial charge is 0.389 e. The predicted octanol–water partition coefficient (Wildman–Crippen LogP) is 2.05. The van der Waals surface area contributed by atoms with Gasteiger partial charge in [-0.15, -0.1) is 0 Å². The summed E-state index contributed by atoms with van der Waals surface area (Å²) in [6, 6.07) is 10.6. The van der Waals surface area contributed by atoms with E-state index in [9.17, 15) is 0 Å². The van der Waals surface area contributed by atoms with Crippen LogP contribution in [0.2, 0.25) is 0 Å². The molecule has 0 unspecified atom stereocenters. The summed E-state index contributed by atoms with van der Waals surface area (Å²) in [5, 5.41) is 1.83. The van der Waals surface area contributed by atoms with Crippen molar-refractivity contribution in [2.75, 3.05) is 41.7 Å². The number of thiazole rings is 1. The number of nitrogens with zero attached hydrogens (tertiary/aromatic N) is 3. The molecule has 2 heterocycles. The van der Waals surface area contributed by atoms with Crippen LogP contribution in [0.3, 0.4) is 0 Å². The minimum absolute atomic E-state index is 0.787. The third-order valence-electron chi connectivity index (χ3n) is 3.18. The van der Waals surface area contributed by atoms with Crippen molar-refractivity contribution in [2.45, 2.75) is 0 Å². The number of nitrogens with two attached hydrogens (primary N) is 1. The number of rotatable bonds is 2. The summed E-state index contributed by atoms with van der Waals surface area (Å²) in [7, 11) is 0. The maximum Gasteiger partial charge on any atom is 0.187 e. The van der Waals surface area contributed by atoms with E-state index in [0.29, 0.717) is 0 Å². The van der Waals surface area contributed by atoms with E-state index in [4.69, 9.17) is 5.73 Å². The van der Waals surface area contributed by atoms with Gasteiger partial charge in [0.1, 0.15) is 5.00 Å². The predicted molar refractivity (Wildman–Crippen MR) is 77.4 cm³/mol. The van der Waals surface area contributed by atoms with Crippen molar-refractivity contribution < 1.29 is 0 Å². The molecular weight excluding hydrogens is 244 g/mol. The van der Waals surface area contributed by atoms with Crippen LogP contribution in [-0.2, 0) is 0 Å². The molecule has 94 valence electrons. The summed E-state index contributed by atoms with van der Waals surface area (Å²) in [5.41, 5.74) is 7.02. The van der Waals surface area contributed by atoms with Crippen LogP contribution < -0.4 is 15.5 Å². The Hall–Kier alpha value is -1.75. The van der Waals surface area contributed by atoms with Crippen molar-refractivity contribution in [3.8, 4) is 0 Å². The van der Waals surface area contributed by atoms with Crippen LogP contribution in [0.4, 0.5) is 15.8 Å². The van der Waals surface area contributed by atoms with Gasteiger partial charge in [0, 0.05) is 31.9 Å². The molecule has 2 N–H and O–H groups in total. The molecule has 1 fully saturated rings. The molecule has 0 bridgehead atoms. The lowest BCUT2D eigenvalue weighted by molar-refractivity contribution is 0.652. The zero-order chi connectivity index (χ0) is 12.4. The molecule has 1 saturated heterocycles. The first-order chi connectivity index (χ1) is 8.83. The van der Waals surface area contributed by atoms with Crippen LogP contribution in [0, 0.1) is 0 Å². The van der Waals surface area contributed by atoms with Crippen molar-refractivity contribution in [3.05, 3.63) is 36.5 Å². The van der Waals surface area contributed by atoms with Gasteiger partial charge in [-0.3, -0.25) is 0 Å². The number of para-hydroxylation sites is 1. The molecule has 2 aromatic rings. The van der Waals surface area contributed by atoms with E-state index in [1.54, 1.807) is 17.5 Å². The third kappa shape index (κ3) is 2.26. The summed E-state index contributed by atoms with van der Waals surface area (Å²) in [6.45, 7) is 4.07. The summed E-state index contributed by atoms with van der Waals surface area (Å²) in [6.07, 6.45) is 1.74. The Balaban J connectivity index is 1.65. The third-order valence-corrected chi connectivity index (χ3v) is 4.07. The second-order valence-electron chi connectivity index (χ2n) is 4.35. The lowest BCUT2D eigenvalue weighted by Crippen LogP contribution is -2.46. The van der Waals surface area contributed by atoms with E-state index in [1.165, 1.54) is 5.69 Å². The minimum atomic E-state index is 0.787. The monoisotopic (exact) mass is 260 g/mol. The average molecular weight is 260 g/mol. The normalized spacial score (nSPS) is 16.0. The minimum Gasteiger partial charge on any atom is -0.389 e. The van der Waals surface area contributed by atoms with Crippen molar-refractivity contribution in [1.82, 2.24) is 4.98 Å². The molecular formula is C13H16N4S. The molecule has 0 aliphatic carbocycles. The maximum atomic E-state index is 5.72. The Kier molecular flexibility index (Phi) is 3.06. The molecule has 0 spiro atoms. The van der Waals surface area contributed by atoms with Gasteiger partial charge < -0.3 is 15.5 Å². The van der Waals surface area contributed by atoms with E-state index >= 15 is 0 Å². The average Bonchev–Trinajstić information content (AvgIpc) is 2.87. The van der Waals surface area contributed by atoms with Crippen LogP contribution in [0.15, 0.2) is 36.5 Å². The lowest BCUT2D eigenvalue weighted by atomic mass is 10.2. The zero-order valence-corrected chi connectivity index (χ0v) is 10.9. The summed E-state index contributed by atoms with van der Waals surface area (Å²) < 4.78 is 0. The van der Waals surface area contributed by atoms with Gasteiger partial charge in [-0.1, -0.05) is 29.5 Å². The van der Waals surface area contributed by atoms with E-state index in [0.717, 1.165) is 36.3 Å². The smallest absolute Gasteiger partial charge is 0.187 e. The fourth-order valence-corrected chi connectivity index (χ4v) is 2.95. The highest BCUT2D eigenvalue weighted by Crippen LogP contribution is 2.26. The van der Waals surface area contributed by atoms with E-state index < -0.39 is 0 Å². The van der Waals surface area contributed by atoms with Gasteiger partial charge in [0.25, 0.3) is 0 Å². The van der Waals surface area contributed by atoms with Crippen molar-refractivity contribution >= 4 is 27.2 Å². The number of hydrogen-bond acceptors (Lipinski definition) is 5. The Labute approximate surface area is 111 Å². The second kappa shape index (κ2) is 4.86. The molecule has 0 amide bonds. The van der Waals surface area contributed by atoms with Crippen LogP contribution in [0.1, 0.15) is 0 Å². The molecule has 1 aromatic carbocycles. The summed E-state index contributed by atoms with van der Waals surface area (Å²) in [5.74, 6) is 0.